The van der Waals surface area contributed by atoms with Crippen molar-refractivity contribution in [1.29, 1.82) is 11.1 Å². The fraction of sp³-hybridized carbons (Fsp3) is 0.267. The Morgan fingerprint density at radius 3 is 2.15 bits per heavy atom. The highest BCUT2D eigenvalue weighted by atomic mass is 35.5. The molecule has 8 nitrogen and oxygen atoms in total. The summed E-state index contributed by atoms with van der Waals surface area (Å²) in [5.41, 5.74) is 17.7. The molecule has 0 aliphatic heterocycles. The third-order valence-electron chi connectivity index (χ3n) is 7.00. The van der Waals surface area contributed by atoms with Crippen LogP contribution >= 0.6 is 23.2 Å². The van der Waals surface area contributed by atoms with Gasteiger partial charge in [0.2, 0.25) is 0 Å². The maximum atomic E-state index is 13.5. The molecule has 206 valence electrons. The van der Waals surface area contributed by atoms with Crippen LogP contribution in [0.15, 0.2) is 83.0 Å². The Morgan fingerprint density at radius 1 is 0.925 bits per heavy atom. The Labute approximate surface area is 243 Å². The monoisotopic (exact) mass is 576 g/mol. The maximum Gasteiger partial charge on any atom is 0.254 e. The van der Waals surface area contributed by atoms with Crippen molar-refractivity contribution in [2.45, 2.75) is 50.9 Å². The van der Waals surface area contributed by atoms with E-state index in [0.29, 0.717) is 27.1 Å². The number of halogens is 2. The van der Waals surface area contributed by atoms with E-state index in [1.54, 1.807) is 53.4 Å². The fourth-order valence-electron chi connectivity index (χ4n) is 4.81. The molecule has 1 aliphatic carbocycles. The number of amides is 2. The van der Waals surface area contributed by atoms with E-state index in [-0.39, 0.29) is 12.5 Å². The molecule has 0 radical (unpaired) electrons. The number of hydrogen-bond donors (Lipinski definition) is 3. The summed E-state index contributed by atoms with van der Waals surface area (Å²) >= 11 is 12.6. The van der Waals surface area contributed by atoms with Crippen LogP contribution < -0.4 is 10.2 Å². The van der Waals surface area contributed by atoms with Gasteiger partial charge in [0.15, 0.2) is 0 Å². The lowest BCUT2D eigenvalue weighted by Gasteiger charge is -2.25. The van der Waals surface area contributed by atoms with Crippen molar-refractivity contribution in [2.24, 2.45) is 10.2 Å². The van der Waals surface area contributed by atoms with Crippen LogP contribution in [-0.4, -0.2) is 18.1 Å². The van der Waals surface area contributed by atoms with Gasteiger partial charge in [0, 0.05) is 32.9 Å². The van der Waals surface area contributed by atoms with E-state index in [1.807, 2.05) is 12.1 Å². The first kappa shape index (κ1) is 29.1. The van der Waals surface area contributed by atoms with Crippen LogP contribution in [-0.2, 0) is 11.3 Å². The van der Waals surface area contributed by atoms with Crippen molar-refractivity contribution >= 4 is 46.8 Å². The standard InChI is InChI=1S/C30H30Cl2N6O2/c31-26-7-4-8-27(32)25(26)17-18-28(39)38(24-15-13-22(14-16-24)21-5-2-1-3-6-21)19-20-9-11-23(12-10-20)29(40)35-30(36-33)37-34/h4,7-18,21,30,33-34H,1-3,5-6,19H2,(H,35,40). The lowest BCUT2D eigenvalue weighted by molar-refractivity contribution is -0.114. The van der Waals surface area contributed by atoms with E-state index >= 15 is 0 Å². The van der Waals surface area contributed by atoms with Gasteiger partial charge in [0.25, 0.3) is 18.1 Å². The molecule has 40 heavy (non-hydrogen) atoms. The van der Waals surface area contributed by atoms with Crippen molar-refractivity contribution in [3.05, 3.63) is 105 Å². The van der Waals surface area contributed by atoms with Gasteiger partial charge in [0.05, 0.1) is 6.54 Å². The summed E-state index contributed by atoms with van der Waals surface area (Å²) in [6, 6.07) is 20.1. The number of benzene rings is 3. The minimum Gasteiger partial charge on any atom is -0.309 e. The topological polar surface area (TPSA) is 122 Å². The van der Waals surface area contributed by atoms with Crippen LogP contribution in [0.2, 0.25) is 10.0 Å². The molecular formula is C30H30Cl2N6O2. The van der Waals surface area contributed by atoms with E-state index in [0.717, 1.165) is 11.3 Å². The molecule has 0 unspecified atom stereocenters. The number of nitrogens with zero attached hydrogens (tertiary/aromatic N) is 3. The van der Waals surface area contributed by atoms with E-state index in [1.165, 1.54) is 43.7 Å². The number of rotatable bonds is 10. The minimum absolute atomic E-state index is 0.250. The second-order valence-electron chi connectivity index (χ2n) is 9.62. The van der Waals surface area contributed by atoms with Crippen LogP contribution in [0.3, 0.4) is 0 Å². The van der Waals surface area contributed by atoms with Crippen LogP contribution in [0.1, 0.15) is 65.1 Å². The molecule has 1 saturated carbocycles. The zero-order valence-electron chi connectivity index (χ0n) is 21.8. The van der Waals surface area contributed by atoms with Crippen molar-refractivity contribution < 1.29 is 9.59 Å². The smallest absolute Gasteiger partial charge is 0.254 e. The molecule has 4 rings (SSSR count). The van der Waals surface area contributed by atoms with Gasteiger partial charge in [0.1, 0.15) is 0 Å². The largest absolute Gasteiger partial charge is 0.309 e. The molecule has 0 heterocycles. The lowest BCUT2D eigenvalue weighted by Crippen LogP contribution is -2.31. The van der Waals surface area contributed by atoms with Crippen molar-refractivity contribution in [1.82, 2.24) is 5.32 Å². The summed E-state index contributed by atoms with van der Waals surface area (Å²) in [6.07, 6.45) is 7.99. The Morgan fingerprint density at radius 2 is 1.55 bits per heavy atom. The average molecular weight is 578 g/mol. The fourth-order valence-corrected chi connectivity index (χ4v) is 5.33. The van der Waals surface area contributed by atoms with Gasteiger partial charge in [-0.25, -0.2) is 11.1 Å². The summed E-state index contributed by atoms with van der Waals surface area (Å²) in [4.78, 5) is 27.6. The third-order valence-corrected chi connectivity index (χ3v) is 7.66. The van der Waals surface area contributed by atoms with Crippen LogP contribution in [0.5, 0.6) is 0 Å². The molecule has 0 saturated heterocycles. The van der Waals surface area contributed by atoms with Crippen LogP contribution in [0, 0.1) is 11.1 Å². The molecule has 10 heteroatoms. The van der Waals surface area contributed by atoms with Gasteiger partial charge in [-0.15, -0.1) is 10.2 Å². The van der Waals surface area contributed by atoms with Gasteiger partial charge < -0.3 is 10.2 Å². The van der Waals surface area contributed by atoms with E-state index in [9.17, 15) is 9.59 Å². The molecule has 2 amide bonds. The van der Waals surface area contributed by atoms with Crippen LogP contribution in [0.4, 0.5) is 5.69 Å². The number of carbonyl (C=O) groups excluding carboxylic acids is 2. The Bertz CT molecular complexity index is 1360. The molecule has 1 fully saturated rings. The first-order chi connectivity index (χ1) is 19.4. The summed E-state index contributed by atoms with van der Waals surface area (Å²) in [6.45, 7) is 0.261. The minimum atomic E-state index is -1.25. The molecule has 3 aromatic rings. The van der Waals surface area contributed by atoms with Gasteiger partial charge >= 0.3 is 0 Å². The third kappa shape index (κ3) is 7.40. The summed E-state index contributed by atoms with van der Waals surface area (Å²) in [5.74, 6) is -0.201. The van der Waals surface area contributed by atoms with Crippen molar-refractivity contribution in [2.75, 3.05) is 4.90 Å². The molecule has 0 aromatic heterocycles. The van der Waals surface area contributed by atoms with Gasteiger partial charge in [-0.05, 0) is 72.4 Å². The summed E-state index contributed by atoms with van der Waals surface area (Å²) < 4.78 is 0. The molecule has 3 aromatic carbocycles. The quantitative estimate of drug-likeness (QED) is 0.166. The van der Waals surface area contributed by atoms with E-state index in [2.05, 4.69) is 27.7 Å². The SMILES string of the molecule is N=NC(N=N)NC(=O)c1ccc(CN(C(=O)C=Cc2c(Cl)cccc2Cl)c2ccc(C3CCCCC3)cc2)cc1. The number of anilines is 1. The molecule has 3 N–H and O–H groups in total. The second-order valence-corrected chi connectivity index (χ2v) is 10.4. The van der Waals surface area contributed by atoms with Gasteiger partial charge in [-0.1, -0.05) is 72.8 Å². The van der Waals surface area contributed by atoms with Gasteiger partial charge in [-0.3, -0.25) is 9.59 Å². The summed E-state index contributed by atoms with van der Waals surface area (Å²) in [7, 11) is 0. The van der Waals surface area contributed by atoms with E-state index < -0.39 is 12.2 Å². The molecular weight excluding hydrogens is 547 g/mol. The highest BCUT2D eigenvalue weighted by molar-refractivity contribution is 6.37. The average Bonchev–Trinajstić information content (AvgIpc) is 2.99. The zero-order chi connectivity index (χ0) is 28.5. The molecule has 0 bridgehead atoms. The first-order valence-electron chi connectivity index (χ1n) is 13.1. The highest BCUT2D eigenvalue weighted by Gasteiger charge is 2.19. The molecule has 0 spiro atoms. The predicted molar refractivity (Wildman–Crippen MR) is 157 cm³/mol. The summed E-state index contributed by atoms with van der Waals surface area (Å²) in [5, 5.41) is 9.40. The molecule has 0 atom stereocenters. The Hall–Kier alpha value is -3.88. The van der Waals surface area contributed by atoms with Crippen molar-refractivity contribution in [3.8, 4) is 0 Å². The second kappa shape index (κ2) is 14.0. The number of hydrogen-bond acceptors (Lipinski definition) is 6. The Balaban J connectivity index is 1.58. The maximum absolute atomic E-state index is 13.5. The first-order valence-corrected chi connectivity index (χ1v) is 13.8. The van der Waals surface area contributed by atoms with Crippen molar-refractivity contribution in [3.63, 3.8) is 0 Å². The predicted octanol–water partition coefficient (Wildman–Crippen LogP) is 8.36. The Kier molecular flexibility index (Phi) is 10.2. The van der Waals surface area contributed by atoms with Crippen LogP contribution in [0.25, 0.3) is 6.08 Å². The highest BCUT2D eigenvalue weighted by Crippen LogP contribution is 2.34. The number of carbonyl (C=O) groups is 2. The van der Waals surface area contributed by atoms with Gasteiger partial charge in [-0.2, -0.15) is 0 Å². The number of nitrogens with one attached hydrogen (secondary N) is 3. The normalized spacial score (nSPS) is 14.4. The molecule has 1 aliphatic rings. The van der Waals surface area contributed by atoms with E-state index in [4.69, 9.17) is 34.3 Å². The zero-order valence-corrected chi connectivity index (χ0v) is 23.3. The lowest BCUT2D eigenvalue weighted by atomic mass is 9.84.